The molecule has 1 fully saturated rings. The lowest BCUT2D eigenvalue weighted by Crippen LogP contribution is -2.48. The maximum Gasteiger partial charge on any atom is 0.233 e. The van der Waals surface area contributed by atoms with E-state index in [1.165, 1.54) is 31.3 Å². The molecule has 3 heterocycles. The van der Waals surface area contributed by atoms with Gasteiger partial charge in [-0.05, 0) is 29.8 Å². The Balaban J connectivity index is 1.16. The van der Waals surface area contributed by atoms with E-state index in [0.717, 1.165) is 34.8 Å². The van der Waals surface area contributed by atoms with Gasteiger partial charge in [0.15, 0.2) is 17.2 Å². The second kappa shape index (κ2) is 10.4. The molecule has 10 heteroatoms. The zero-order valence-corrected chi connectivity index (χ0v) is 20.1. The summed E-state index contributed by atoms with van der Waals surface area (Å²) in [6.07, 6.45) is 3.26. The van der Waals surface area contributed by atoms with E-state index in [1.807, 2.05) is 41.3 Å². The number of carbonyl (C=O) groups is 1. The first kappa shape index (κ1) is 23.3. The third-order valence-corrected chi connectivity index (χ3v) is 7.00. The minimum Gasteiger partial charge on any atom is -0.494 e. The Morgan fingerprint density at radius 2 is 1.89 bits per heavy atom. The van der Waals surface area contributed by atoms with Crippen LogP contribution in [0.5, 0.6) is 5.75 Å². The van der Waals surface area contributed by atoms with Crippen molar-refractivity contribution in [2.24, 2.45) is 0 Å². The van der Waals surface area contributed by atoms with Gasteiger partial charge in [0, 0.05) is 32.7 Å². The van der Waals surface area contributed by atoms with E-state index in [-0.39, 0.29) is 17.5 Å². The number of ether oxygens (including phenoxy) is 1. The molecule has 0 unspecified atom stereocenters. The van der Waals surface area contributed by atoms with Crippen LogP contribution in [0.4, 0.5) is 4.39 Å². The number of carbonyl (C=O) groups excluding carboxylic acids is 1. The number of fused-ring (bicyclic) bond motifs is 1. The highest BCUT2D eigenvalue weighted by Gasteiger charge is 2.22. The Hall–Kier alpha value is -3.50. The number of halogens is 1. The molecular formula is C25H25FN6O2S. The molecule has 0 atom stereocenters. The SMILES string of the molecule is COc1ccc(CN2CCN(C(=O)CSc3ncnc4c3cnn4-c3ccccc3)CC2)cc1F. The Bertz CT molecular complexity index is 1320. The smallest absolute Gasteiger partial charge is 0.233 e. The lowest BCUT2D eigenvalue weighted by atomic mass is 10.2. The number of hydrogen-bond acceptors (Lipinski definition) is 7. The van der Waals surface area contributed by atoms with Crippen molar-refractivity contribution in [1.82, 2.24) is 29.5 Å². The van der Waals surface area contributed by atoms with Gasteiger partial charge >= 0.3 is 0 Å². The summed E-state index contributed by atoms with van der Waals surface area (Å²) in [5, 5.41) is 6.04. The number of benzene rings is 2. The van der Waals surface area contributed by atoms with Crippen LogP contribution < -0.4 is 4.74 Å². The minimum absolute atomic E-state index is 0.0763. The van der Waals surface area contributed by atoms with E-state index in [1.54, 1.807) is 16.9 Å². The highest BCUT2D eigenvalue weighted by Crippen LogP contribution is 2.26. The van der Waals surface area contributed by atoms with Gasteiger partial charge in [0.25, 0.3) is 0 Å². The summed E-state index contributed by atoms with van der Waals surface area (Å²) in [4.78, 5) is 25.8. The summed E-state index contributed by atoms with van der Waals surface area (Å²) in [6, 6.07) is 14.8. The molecule has 1 aliphatic rings. The summed E-state index contributed by atoms with van der Waals surface area (Å²) in [7, 11) is 1.46. The Kier molecular flexibility index (Phi) is 6.91. The molecule has 1 aliphatic heterocycles. The molecule has 0 N–H and O–H groups in total. The summed E-state index contributed by atoms with van der Waals surface area (Å²) in [5.41, 5.74) is 2.52. The normalized spacial score (nSPS) is 14.4. The number of aromatic nitrogens is 4. The van der Waals surface area contributed by atoms with Crippen LogP contribution in [0.25, 0.3) is 16.7 Å². The summed E-state index contributed by atoms with van der Waals surface area (Å²) < 4.78 is 20.7. The van der Waals surface area contributed by atoms with Crippen LogP contribution in [-0.4, -0.2) is 74.5 Å². The second-order valence-corrected chi connectivity index (χ2v) is 9.19. The van der Waals surface area contributed by atoms with Gasteiger partial charge in [-0.2, -0.15) is 5.10 Å². The van der Waals surface area contributed by atoms with Gasteiger partial charge in [0.1, 0.15) is 11.4 Å². The first-order valence-electron chi connectivity index (χ1n) is 11.3. The van der Waals surface area contributed by atoms with Crippen molar-refractivity contribution in [3.8, 4) is 11.4 Å². The van der Waals surface area contributed by atoms with Crippen molar-refractivity contribution in [2.45, 2.75) is 11.6 Å². The van der Waals surface area contributed by atoms with E-state index in [2.05, 4.69) is 20.0 Å². The predicted octanol–water partition coefficient (Wildman–Crippen LogP) is 3.40. The average Bonchev–Trinajstić information content (AvgIpc) is 3.33. The van der Waals surface area contributed by atoms with Gasteiger partial charge in [-0.1, -0.05) is 36.0 Å². The van der Waals surface area contributed by atoms with Gasteiger partial charge in [-0.3, -0.25) is 9.69 Å². The number of nitrogens with zero attached hydrogens (tertiary/aromatic N) is 6. The topological polar surface area (TPSA) is 76.4 Å². The lowest BCUT2D eigenvalue weighted by molar-refractivity contribution is -0.130. The van der Waals surface area contributed by atoms with Crippen molar-refractivity contribution < 1.29 is 13.9 Å². The second-order valence-electron chi connectivity index (χ2n) is 8.22. The van der Waals surface area contributed by atoms with Crippen molar-refractivity contribution >= 4 is 28.7 Å². The van der Waals surface area contributed by atoms with Crippen LogP contribution >= 0.6 is 11.8 Å². The monoisotopic (exact) mass is 492 g/mol. The molecule has 2 aromatic carbocycles. The first-order valence-corrected chi connectivity index (χ1v) is 12.3. The fraction of sp³-hybridized carbons (Fsp3) is 0.280. The molecule has 0 saturated carbocycles. The number of thioether (sulfide) groups is 1. The molecular weight excluding hydrogens is 467 g/mol. The van der Waals surface area contributed by atoms with Crippen molar-refractivity contribution in [3.05, 3.63) is 72.4 Å². The largest absolute Gasteiger partial charge is 0.494 e. The maximum atomic E-state index is 14.0. The number of hydrogen-bond donors (Lipinski definition) is 0. The van der Waals surface area contributed by atoms with Gasteiger partial charge in [-0.25, -0.2) is 19.0 Å². The zero-order chi connectivity index (χ0) is 24.2. The lowest BCUT2D eigenvalue weighted by Gasteiger charge is -2.34. The molecule has 0 radical (unpaired) electrons. The van der Waals surface area contributed by atoms with Crippen molar-refractivity contribution in [1.29, 1.82) is 0 Å². The summed E-state index contributed by atoms with van der Waals surface area (Å²) in [6.45, 7) is 3.41. The number of para-hydroxylation sites is 1. The van der Waals surface area contributed by atoms with E-state index in [4.69, 9.17) is 4.74 Å². The molecule has 0 aliphatic carbocycles. The Morgan fingerprint density at radius 3 is 2.63 bits per heavy atom. The van der Waals surface area contributed by atoms with Gasteiger partial charge in [0.2, 0.25) is 5.91 Å². The standard InChI is InChI=1S/C25H25FN6O2S/c1-34-22-8-7-18(13-21(22)26)15-30-9-11-31(12-10-30)23(33)16-35-25-20-14-29-32(24(20)27-17-28-25)19-5-3-2-4-6-19/h2-8,13-14,17H,9-12,15-16H2,1H3. The minimum atomic E-state index is -0.357. The quantitative estimate of drug-likeness (QED) is 0.289. The van der Waals surface area contributed by atoms with E-state index >= 15 is 0 Å². The number of methoxy groups -OCH3 is 1. The molecule has 1 saturated heterocycles. The highest BCUT2D eigenvalue weighted by atomic mass is 32.2. The van der Waals surface area contributed by atoms with Crippen molar-refractivity contribution in [2.75, 3.05) is 39.0 Å². The van der Waals surface area contributed by atoms with Crippen LogP contribution in [0, 0.1) is 5.82 Å². The Labute approximate surface area is 206 Å². The number of rotatable bonds is 7. The molecule has 8 nitrogen and oxygen atoms in total. The highest BCUT2D eigenvalue weighted by molar-refractivity contribution is 8.00. The molecule has 0 bridgehead atoms. The Morgan fingerprint density at radius 1 is 1.09 bits per heavy atom. The number of piperazine rings is 1. The molecule has 5 rings (SSSR count). The van der Waals surface area contributed by atoms with Crippen molar-refractivity contribution in [3.63, 3.8) is 0 Å². The molecule has 1 amide bonds. The predicted molar refractivity (Wildman–Crippen MR) is 132 cm³/mol. The van der Waals surface area contributed by atoms with Crippen LogP contribution in [0.15, 0.2) is 66.1 Å². The van der Waals surface area contributed by atoms with Gasteiger partial charge in [-0.15, -0.1) is 0 Å². The van der Waals surface area contributed by atoms with E-state index < -0.39 is 0 Å². The molecule has 35 heavy (non-hydrogen) atoms. The fourth-order valence-corrected chi connectivity index (χ4v) is 5.00. The fourth-order valence-electron chi connectivity index (χ4n) is 4.14. The summed E-state index contributed by atoms with van der Waals surface area (Å²) >= 11 is 1.41. The summed E-state index contributed by atoms with van der Waals surface area (Å²) in [5.74, 6) is 0.262. The third kappa shape index (κ3) is 5.13. The van der Waals surface area contributed by atoms with E-state index in [9.17, 15) is 9.18 Å². The molecule has 180 valence electrons. The first-order chi connectivity index (χ1) is 17.1. The third-order valence-electron chi connectivity index (χ3n) is 6.01. The van der Waals surface area contributed by atoms with Crippen LogP contribution in [0.3, 0.4) is 0 Å². The molecule has 0 spiro atoms. The van der Waals surface area contributed by atoms with Crippen LogP contribution in [0.2, 0.25) is 0 Å². The van der Waals surface area contributed by atoms with E-state index in [0.29, 0.717) is 31.0 Å². The maximum absolute atomic E-state index is 14.0. The molecule has 4 aromatic rings. The zero-order valence-electron chi connectivity index (χ0n) is 19.3. The van der Waals surface area contributed by atoms with Gasteiger partial charge < -0.3 is 9.64 Å². The van der Waals surface area contributed by atoms with Crippen LogP contribution in [-0.2, 0) is 11.3 Å². The number of amides is 1. The van der Waals surface area contributed by atoms with Gasteiger partial charge in [0.05, 0.1) is 30.1 Å². The molecule has 2 aromatic heterocycles. The average molecular weight is 493 g/mol. The van der Waals surface area contributed by atoms with Crippen LogP contribution in [0.1, 0.15) is 5.56 Å².